The molecule has 6 nitrogen and oxygen atoms in total. The van der Waals surface area contributed by atoms with Gasteiger partial charge in [0.1, 0.15) is 18.2 Å². The monoisotopic (exact) mass is 438 g/mol. The maximum Gasteiger partial charge on any atom is 0.255 e. The van der Waals surface area contributed by atoms with Crippen LogP contribution in [-0.4, -0.2) is 20.9 Å². The van der Waals surface area contributed by atoms with Crippen LogP contribution in [-0.2, 0) is 16.6 Å². The van der Waals surface area contributed by atoms with Crippen LogP contribution in [0.2, 0.25) is 0 Å². The predicted octanol–water partition coefficient (Wildman–Crippen LogP) is 3.57. The van der Waals surface area contributed by atoms with Crippen LogP contribution < -0.4 is 14.8 Å². The van der Waals surface area contributed by atoms with E-state index in [4.69, 9.17) is 11.2 Å². The Hall–Kier alpha value is -3.67. The minimum Gasteiger partial charge on any atom is -0.489 e. The number of terminal acetylenes is 1. The molecular formula is C23H19FN2O4S. The van der Waals surface area contributed by atoms with Gasteiger partial charge in [0.25, 0.3) is 5.91 Å². The van der Waals surface area contributed by atoms with E-state index in [0.29, 0.717) is 11.4 Å². The van der Waals surface area contributed by atoms with Gasteiger partial charge in [-0.15, -0.1) is 6.42 Å². The molecule has 0 spiro atoms. The second-order valence-corrected chi connectivity index (χ2v) is 8.22. The summed E-state index contributed by atoms with van der Waals surface area (Å²) in [5.41, 5.74) is 1.60. The first kappa shape index (κ1) is 22.0. The summed E-state index contributed by atoms with van der Waals surface area (Å²) in [6.07, 6.45) is 5.06. The third-order valence-electron chi connectivity index (χ3n) is 4.20. The lowest BCUT2D eigenvalue weighted by atomic mass is 10.2. The Morgan fingerprint density at radius 3 is 2.42 bits per heavy atom. The number of carbonyl (C=O) groups excluding carboxylic acids is 1. The lowest BCUT2D eigenvalue weighted by molar-refractivity contribution is 0.102. The molecule has 3 aromatic rings. The Morgan fingerprint density at radius 2 is 1.74 bits per heavy atom. The summed E-state index contributed by atoms with van der Waals surface area (Å²) in [5.74, 6) is 2.00. The molecule has 3 rings (SSSR count). The number of halogens is 1. The van der Waals surface area contributed by atoms with Crippen molar-refractivity contribution in [3.8, 4) is 18.1 Å². The Morgan fingerprint density at radius 1 is 1.03 bits per heavy atom. The van der Waals surface area contributed by atoms with E-state index in [2.05, 4.69) is 16.0 Å². The zero-order valence-corrected chi connectivity index (χ0v) is 17.2. The van der Waals surface area contributed by atoms with Gasteiger partial charge in [-0.3, -0.25) is 4.79 Å². The zero-order chi connectivity index (χ0) is 22.3. The summed E-state index contributed by atoms with van der Waals surface area (Å²) in [4.78, 5) is 12.5. The third kappa shape index (κ3) is 6.15. The first-order valence-electron chi connectivity index (χ1n) is 9.19. The number of anilines is 1. The molecule has 31 heavy (non-hydrogen) atoms. The van der Waals surface area contributed by atoms with Crippen LogP contribution in [0.25, 0.3) is 0 Å². The fourth-order valence-electron chi connectivity index (χ4n) is 2.62. The average molecular weight is 438 g/mol. The second kappa shape index (κ2) is 9.89. The van der Waals surface area contributed by atoms with Gasteiger partial charge in [-0.1, -0.05) is 24.1 Å². The molecule has 3 aromatic carbocycles. The van der Waals surface area contributed by atoms with E-state index in [-0.39, 0.29) is 29.4 Å². The van der Waals surface area contributed by atoms with Crippen molar-refractivity contribution in [2.75, 3.05) is 11.9 Å². The van der Waals surface area contributed by atoms with E-state index in [0.717, 1.165) is 5.56 Å². The molecule has 158 valence electrons. The standard InChI is InChI=1S/C23H19FN2O4S/c1-2-14-25-31(28,29)22-12-8-18(9-13-22)23(27)26-20-4-3-5-21(15-20)30-16-17-6-10-19(24)11-7-17/h1,3-13,15,25H,14,16H2,(H,26,27). The maximum atomic E-state index is 13.0. The average Bonchev–Trinajstić information content (AvgIpc) is 2.78. The number of amides is 1. The number of ether oxygens (including phenoxy) is 1. The van der Waals surface area contributed by atoms with Gasteiger partial charge in [0.05, 0.1) is 11.4 Å². The molecule has 0 aliphatic carbocycles. The number of sulfonamides is 1. The number of carbonyl (C=O) groups is 1. The van der Waals surface area contributed by atoms with E-state index >= 15 is 0 Å². The van der Waals surface area contributed by atoms with Crippen LogP contribution in [0.3, 0.4) is 0 Å². The molecule has 0 heterocycles. The number of hydrogen-bond donors (Lipinski definition) is 2. The Bertz CT molecular complexity index is 1200. The third-order valence-corrected chi connectivity index (χ3v) is 5.62. The lowest BCUT2D eigenvalue weighted by Crippen LogP contribution is -2.24. The molecule has 1 amide bonds. The second-order valence-electron chi connectivity index (χ2n) is 6.45. The fraction of sp³-hybridized carbons (Fsp3) is 0.0870. The van der Waals surface area contributed by atoms with E-state index < -0.39 is 15.9 Å². The van der Waals surface area contributed by atoms with Crippen molar-refractivity contribution < 1.29 is 22.3 Å². The molecule has 0 bridgehead atoms. The Balaban J connectivity index is 1.63. The molecule has 0 unspecified atom stereocenters. The van der Waals surface area contributed by atoms with E-state index in [1.54, 1.807) is 36.4 Å². The smallest absolute Gasteiger partial charge is 0.255 e. The van der Waals surface area contributed by atoms with Gasteiger partial charge in [0.2, 0.25) is 10.0 Å². The molecule has 0 fully saturated rings. The SMILES string of the molecule is C#CCNS(=O)(=O)c1ccc(C(=O)Nc2cccc(OCc3ccc(F)cc3)c2)cc1. The molecule has 0 saturated heterocycles. The van der Waals surface area contributed by atoms with Crippen LogP contribution in [0, 0.1) is 18.2 Å². The summed E-state index contributed by atoms with van der Waals surface area (Å²) < 4.78 is 45.0. The Kier molecular flexibility index (Phi) is 7.03. The quantitative estimate of drug-likeness (QED) is 0.527. The van der Waals surface area contributed by atoms with E-state index in [9.17, 15) is 17.6 Å². The fourth-order valence-corrected chi connectivity index (χ4v) is 3.55. The van der Waals surface area contributed by atoms with E-state index in [1.165, 1.54) is 36.4 Å². The topological polar surface area (TPSA) is 84.5 Å². The van der Waals surface area contributed by atoms with Crippen LogP contribution >= 0.6 is 0 Å². The predicted molar refractivity (Wildman–Crippen MR) is 116 cm³/mol. The van der Waals surface area contributed by atoms with E-state index in [1.807, 2.05) is 0 Å². The van der Waals surface area contributed by atoms with Crippen LogP contribution in [0.15, 0.2) is 77.7 Å². The maximum absolute atomic E-state index is 13.0. The highest BCUT2D eigenvalue weighted by molar-refractivity contribution is 7.89. The molecule has 0 aromatic heterocycles. The molecule has 0 atom stereocenters. The number of hydrogen-bond acceptors (Lipinski definition) is 4. The minimum atomic E-state index is -3.72. The van der Waals surface area contributed by atoms with Gasteiger partial charge >= 0.3 is 0 Å². The van der Waals surface area contributed by atoms with Gasteiger partial charge in [-0.2, -0.15) is 4.72 Å². The highest BCUT2D eigenvalue weighted by Crippen LogP contribution is 2.20. The minimum absolute atomic E-state index is 0.00971. The highest BCUT2D eigenvalue weighted by Gasteiger charge is 2.14. The summed E-state index contributed by atoms with van der Waals surface area (Å²) in [7, 11) is -3.72. The first-order chi connectivity index (χ1) is 14.9. The number of benzene rings is 3. The van der Waals surface area contributed by atoms with Gasteiger partial charge in [0, 0.05) is 17.3 Å². The van der Waals surface area contributed by atoms with Crippen molar-refractivity contribution in [1.29, 1.82) is 0 Å². The molecular weight excluding hydrogens is 419 g/mol. The van der Waals surface area contributed by atoms with Gasteiger partial charge in [0.15, 0.2) is 0 Å². The molecule has 8 heteroatoms. The summed E-state index contributed by atoms with van der Waals surface area (Å²) in [6, 6.07) is 18.3. The summed E-state index contributed by atoms with van der Waals surface area (Å²) in [5, 5.41) is 2.74. The van der Waals surface area contributed by atoms with Crippen molar-refractivity contribution in [1.82, 2.24) is 4.72 Å². The van der Waals surface area contributed by atoms with Crippen molar-refractivity contribution in [3.63, 3.8) is 0 Å². The molecule has 2 N–H and O–H groups in total. The first-order valence-corrected chi connectivity index (χ1v) is 10.7. The van der Waals surface area contributed by atoms with Crippen LogP contribution in [0.4, 0.5) is 10.1 Å². The number of rotatable bonds is 8. The lowest BCUT2D eigenvalue weighted by Gasteiger charge is -2.10. The van der Waals surface area contributed by atoms with Gasteiger partial charge in [-0.25, -0.2) is 12.8 Å². The van der Waals surface area contributed by atoms with Crippen molar-refractivity contribution in [3.05, 3.63) is 89.7 Å². The summed E-state index contributed by atoms with van der Waals surface area (Å²) in [6.45, 7) is 0.130. The van der Waals surface area contributed by atoms with Gasteiger partial charge < -0.3 is 10.1 Å². The van der Waals surface area contributed by atoms with Crippen molar-refractivity contribution >= 4 is 21.6 Å². The number of nitrogens with one attached hydrogen (secondary N) is 2. The molecule has 0 radical (unpaired) electrons. The molecule has 0 saturated carbocycles. The largest absolute Gasteiger partial charge is 0.489 e. The normalized spacial score (nSPS) is 10.8. The van der Waals surface area contributed by atoms with Crippen molar-refractivity contribution in [2.24, 2.45) is 0 Å². The molecule has 0 aliphatic heterocycles. The Labute approximate surface area is 180 Å². The van der Waals surface area contributed by atoms with Gasteiger partial charge in [-0.05, 0) is 54.1 Å². The molecule has 0 aliphatic rings. The van der Waals surface area contributed by atoms with Crippen molar-refractivity contribution in [2.45, 2.75) is 11.5 Å². The summed E-state index contributed by atoms with van der Waals surface area (Å²) >= 11 is 0. The zero-order valence-electron chi connectivity index (χ0n) is 16.3. The van der Waals surface area contributed by atoms with Crippen LogP contribution in [0.1, 0.15) is 15.9 Å². The highest BCUT2D eigenvalue weighted by atomic mass is 32.2. The van der Waals surface area contributed by atoms with Crippen LogP contribution in [0.5, 0.6) is 5.75 Å².